The summed E-state index contributed by atoms with van der Waals surface area (Å²) < 4.78 is 0. The van der Waals surface area contributed by atoms with E-state index >= 15 is 0 Å². The molecule has 1 saturated heterocycles. The molecule has 20 heavy (non-hydrogen) atoms. The molecule has 1 aliphatic rings. The van der Waals surface area contributed by atoms with Crippen molar-refractivity contribution in [3.8, 4) is 0 Å². The van der Waals surface area contributed by atoms with Crippen LogP contribution >= 0.6 is 11.6 Å². The maximum absolute atomic E-state index is 12.0. The molecule has 0 unspecified atom stereocenters. The van der Waals surface area contributed by atoms with E-state index in [2.05, 4.69) is 5.32 Å². The Balaban J connectivity index is 1.98. The van der Waals surface area contributed by atoms with Gasteiger partial charge in [0.15, 0.2) is 0 Å². The smallest absolute Gasteiger partial charge is 0.248 e. The average Bonchev–Trinajstić information content (AvgIpc) is 2.81. The van der Waals surface area contributed by atoms with E-state index in [0.717, 1.165) is 18.7 Å². The summed E-state index contributed by atoms with van der Waals surface area (Å²) in [5.41, 5.74) is 0.722. The van der Waals surface area contributed by atoms with Crippen molar-refractivity contribution >= 4 is 29.1 Å². The molecular weight excluding hydrogens is 278 g/mol. The highest BCUT2D eigenvalue weighted by molar-refractivity contribution is 6.30. The fourth-order valence-corrected chi connectivity index (χ4v) is 2.25. The number of amides is 2. The van der Waals surface area contributed by atoms with Crippen molar-refractivity contribution in [2.24, 2.45) is 0 Å². The quantitative estimate of drug-likeness (QED) is 0.837. The van der Waals surface area contributed by atoms with E-state index in [-0.39, 0.29) is 31.6 Å². The maximum atomic E-state index is 12.0. The summed E-state index contributed by atoms with van der Waals surface area (Å²) in [5, 5.41) is 3.62. The molecule has 0 spiro atoms. The third-order valence-corrected chi connectivity index (χ3v) is 3.35. The predicted octanol–water partition coefficient (Wildman–Crippen LogP) is 1.47. The third-order valence-electron chi connectivity index (χ3n) is 3.11. The molecule has 0 aromatic heterocycles. The molecule has 0 bridgehead atoms. The number of benzene rings is 1. The molecule has 2 amide bonds. The van der Waals surface area contributed by atoms with Crippen LogP contribution in [-0.4, -0.2) is 43.0 Å². The van der Waals surface area contributed by atoms with Gasteiger partial charge in [-0.05, 0) is 31.2 Å². The van der Waals surface area contributed by atoms with Gasteiger partial charge in [0.2, 0.25) is 11.8 Å². The van der Waals surface area contributed by atoms with Crippen LogP contribution in [0.1, 0.15) is 13.3 Å². The van der Waals surface area contributed by atoms with Crippen LogP contribution in [0.15, 0.2) is 24.3 Å². The number of hydrogen-bond donors (Lipinski definition) is 1. The first kappa shape index (κ1) is 14.8. The summed E-state index contributed by atoms with van der Waals surface area (Å²) in [7, 11) is 0. The molecule has 1 aromatic carbocycles. The van der Waals surface area contributed by atoms with Crippen LogP contribution in [0.25, 0.3) is 0 Å². The molecule has 1 fully saturated rings. The molecule has 1 heterocycles. The Hall–Kier alpha value is -1.59. The Morgan fingerprint density at radius 1 is 1.45 bits per heavy atom. The minimum Gasteiger partial charge on any atom is -0.314 e. The maximum Gasteiger partial charge on any atom is 0.248 e. The number of nitrogens with one attached hydrogen (secondary N) is 1. The van der Waals surface area contributed by atoms with Crippen LogP contribution in [0.3, 0.4) is 0 Å². The fourth-order valence-electron chi connectivity index (χ4n) is 2.07. The van der Waals surface area contributed by atoms with Gasteiger partial charge in [-0.15, -0.1) is 0 Å². The summed E-state index contributed by atoms with van der Waals surface area (Å²) in [5.74, 6) is -0.146. The highest BCUT2D eigenvalue weighted by Crippen LogP contribution is 2.22. The number of carbonyl (C=O) groups excluding carboxylic acids is 2. The van der Waals surface area contributed by atoms with Crippen LogP contribution < -0.4 is 10.2 Å². The van der Waals surface area contributed by atoms with Gasteiger partial charge >= 0.3 is 0 Å². The fraction of sp³-hybridized carbons (Fsp3) is 0.429. The summed E-state index contributed by atoms with van der Waals surface area (Å²) in [6, 6.07) is 7.08. The molecule has 6 heteroatoms. The monoisotopic (exact) mass is 295 g/mol. The van der Waals surface area contributed by atoms with E-state index in [9.17, 15) is 9.59 Å². The number of carbonyl (C=O) groups is 2. The molecule has 1 aliphatic heterocycles. The van der Waals surface area contributed by atoms with Crippen molar-refractivity contribution in [3.05, 3.63) is 29.3 Å². The number of hydrogen-bond acceptors (Lipinski definition) is 3. The molecule has 0 aliphatic carbocycles. The van der Waals surface area contributed by atoms with Crippen molar-refractivity contribution in [2.75, 3.05) is 31.2 Å². The lowest BCUT2D eigenvalue weighted by molar-refractivity contribution is -0.130. The Bertz CT molecular complexity index is 507. The minimum absolute atomic E-state index is 0.0590. The number of rotatable bonds is 5. The molecule has 0 saturated carbocycles. The van der Waals surface area contributed by atoms with E-state index < -0.39 is 0 Å². The molecular formula is C14H18ClN3O2. The standard InChI is InChI=1S/C14H18ClN3O2/c1-2-6-16-8-13(19)17-9-14(20)18(10-17)12-5-3-4-11(15)7-12/h3-5,7,16H,2,6,8-10H2,1H3. The lowest BCUT2D eigenvalue weighted by Crippen LogP contribution is -2.38. The normalized spacial score (nSPS) is 15.0. The minimum atomic E-state index is -0.0869. The number of nitrogens with zero attached hydrogens (tertiary/aromatic N) is 2. The first-order chi connectivity index (χ1) is 9.61. The van der Waals surface area contributed by atoms with Crippen molar-refractivity contribution in [1.82, 2.24) is 10.2 Å². The van der Waals surface area contributed by atoms with E-state index in [1.165, 1.54) is 0 Å². The van der Waals surface area contributed by atoms with Crippen molar-refractivity contribution in [1.29, 1.82) is 0 Å². The predicted molar refractivity (Wildman–Crippen MR) is 78.7 cm³/mol. The Kier molecular flexibility index (Phi) is 4.98. The zero-order valence-electron chi connectivity index (χ0n) is 11.4. The van der Waals surface area contributed by atoms with Crippen LogP contribution in [-0.2, 0) is 9.59 Å². The lowest BCUT2D eigenvalue weighted by Gasteiger charge is -2.18. The van der Waals surface area contributed by atoms with Crippen molar-refractivity contribution < 1.29 is 9.59 Å². The van der Waals surface area contributed by atoms with E-state index in [1.807, 2.05) is 13.0 Å². The van der Waals surface area contributed by atoms with Gasteiger partial charge in [0.05, 0.1) is 6.54 Å². The van der Waals surface area contributed by atoms with Crippen LogP contribution in [0.4, 0.5) is 5.69 Å². The highest BCUT2D eigenvalue weighted by atomic mass is 35.5. The molecule has 1 N–H and O–H groups in total. The van der Waals surface area contributed by atoms with Gasteiger partial charge in [-0.2, -0.15) is 0 Å². The van der Waals surface area contributed by atoms with Crippen molar-refractivity contribution in [3.63, 3.8) is 0 Å². The first-order valence-corrected chi connectivity index (χ1v) is 7.04. The van der Waals surface area contributed by atoms with Gasteiger partial charge in [0.1, 0.15) is 13.2 Å². The summed E-state index contributed by atoms with van der Waals surface area (Å²) >= 11 is 5.93. The Labute approximate surface area is 123 Å². The second kappa shape index (κ2) is 6.72. The molecule has 0 radical (unpaired) electrons. The van der Waals surface area contributed by atoms with Gasteiger partial charge in [-0.25, -0.2) is 0 Å². The topological polar surface area (TPSA) is 52.7 Å². The lowest BCUT2D eigenvalue weighted by atomic mass is 10.3. The Morgan fingerprint density at radius 3 is 2.95 bits per heavy atom. The molecule has 0 atom stereocenters. The van der Waals surface area contributed by atoms with Gasteiger partial charge < -0.3 is 10.2 Å². The molecule has 108 valence electrons. The second-order valence-electron chi connectivity index (χ2n) is 4.71. The van der Waals surface area contributed by atoms with Crippen LogP contribution in [0.5, 0.6) is 0 Å². The molecule has 1 aromatic rings. The van der Waals surface area contributed by atoms with Crippen LogP contribution in [0, 0.1) is 0 Å². The molecule has 5 nitrogen and oxygen atoms in total. The number of halogens is 1. The van der Waals surface area contributed by atoms with Crippen molar-refractivity contribution in [2.45, 2.75) is 13.3 Å². The average molecular weight is 296 g/mol. The second-order valence-corrected chi connectivity index (χ2v) is 5.15. The van der Waals surface area contributed by atoms with Gasteiger partial charge in [0.25, 0.3) is 0 Å². The zero-order valence-corrected chi connectivity index (χ0v) is 12.2. The zero-order chi connectivity index (χ0) is 14.5. The van der Waals surface area contributed by atoms with Crippen LogP contribution in [0.2, 0.25) is 5.02 Å². The van der Waals surface area contributed by atoms with Gasteiger partial charge in [-0.1, -0.05) is 24.6 Å². The van der Waals surface area contributed by atoms with E-state index in [0.29, 0.717) is 5.02 Å². The van der Waals surface area contributed by atoms with E-state index in [4.69, 9.17) is 11.6 Å². The van der Waals surface area contributed by atoms with E-state index in [1.54, 1.807) is 28.0 Å². The largest absolute Gasteiger partial charge is 0.314 e. The summed E-state index contributed by atoms with van der Waals surface area (Å²) in [4.78, 5) is 27.1. The molecule has 2 rings (SSSR count). The van der Waals surface area contributed by atoms with Gasteiger partial charge in [0, 0.05) is 10.7 Å². The highest BCUT2D eigenvalue weighted by Gasteiger charge is 2.31. The third kappa shape index (κ3) is 3.49. The summed E-state index contributed by atoms with van der Waals surface area (Å²) in [6.45, 7) is 3.51. The SMILES string of the molecule is CCCNCC(=O)N1CC(=O)N(c2cccc(Cl)c2)C1. The summed E-state index contributed by atoms with van der Waals surface area (Å²) in [6.07, 6.45) is 0.973. The number of anilines is 1. The Morgan fingerprint density at radius 2 is 2.25 bits per heavy atom. The van der Waals surface area contributed by atoms with Gasteiger partial charge in [-0.3, -0.25) is 14.5 Å². The first-order valence-electron chi connectivity index (χ1n) is 6.66.